The molecule has 3 nitrogen and oxygen atoms in total. The molecule has 0 heterocycles. The van der Waals surface area contributed by atoms with Crippen molar-refractivity contribution in [2.45, 2.75) is 27.7 Å². The van der Waals surface area contributed by atoms with Crippen molar-refractivity contribution in [1.82, 2.24) is 0 Å². The van der Waals surface area contributed by atoms with E-state index in [0.717, 1.165) is 84.6 Å². The van der Waals surface area contributed by atoms with Crippen LogP contribution >= 0.6 is 0 Å². The van der Waals surface area contributed by atoms with Crippen molar-refractivity contribution in [2.75, 3.05) is 14.7 Å². The molecule has 3 heteroatoms. The summed E-state index contributed by atoms with van der Waals surface area (Å²) in [4.78, 5) is 6.95. The quantitative estimate of drug-likeness (QED) is 0.101. The van der Waals surface area contributed by atoms with Crippen molar-refractivity contribution in [3.8, 4) is 33.4 Å². The Morgan fingerprint density at radius 1 is 0.328 bits per heavy atom. The van der Waals surface area contributed by atoms with Crippen molar-refractivity contribution < 1.29 is 0 Å². The molecule has 0 unspecified atom stereocenters. The van der Waals surface area contributed by atoms with Gasteiger partial charge in [-0.15, -0.1) is 0 Å². The summed E-state index contributed by atoms with van der Waals surface area (Å²) in [5.74, 6) is 0. The van der Waals surface area contributed by atoms with Crippen LogP contribution in [0.3, 0.4) is 0 Å². The van der Waals surface area contributed by atoms with Gasteiger partial charge in [0, 0.05) is 51.2 Å². The number of allylic oxidation sites excluding steroid dienone is 5. The molecular weight excluding hydrogens is 811 g/mol. The smallest absolute Gasteiger partial charge is 0.0464 e. The molecule has 9 aromatic carbocycles. The van der Waals surface area contributed by atoms with E-state index in [1.165, 1.54) is 16.7 Å². The average molecular weight is 866 g/mol. The molecule has 0 bridgehead atoms. The van der Waals surface area contributed by atoms with Crippen molar-refractivity contribution in [3.63, 3.8) is 0 Å². The molecule has 9 aromatic rings. The van der Waals surface area contributed by atoms with Gasteiger partial charge in [0.15, 0.2) is 0 Å². The Kier molecular flexibility index (Phi) is 13.2. The number of benzene rings is 9. The zero-order chi connectivity index (χ0) is 46.1. The van der Waals surface area contributed by atoms with Gasteiger partial charge in [-0.05, 0) is 199 Å². The molecule has 0 fully saturated rings. The molecular formula is C64H55N3. The number of hydrogen-bond acceptors (Lipinski definition) is 3. The van der Waals surface area contributed by atoms with Crippen LogP contribution in [0, 0.1) is 20.8 Å². The lowest BCUT2D eigenvalue weighted by Gasteiger charge is -2.26. The van der Waals surface area contributed by atoms with E-state index in [4.69, 9.17) is 0 Å². The first-order chi connectivity index (χ1) is 32.8. The first kappa shape index (κ1) is 43.8. The molecule has 0 N–H and O–H groups in total. The van der Waals surface area contributed by atoms with Gasteiger partial charge in [0.1, 0.15) is 0 Å². The van der Waals surface area contributed by atoms with Crippen molar-refractivity contribution in [3.05, 3.63) is 278 Å². The van der Waals surface area contributed by atoms with Gasteiger partial charge in [0.25, 0.3) is 0 Å². The van der Waals surface area contributed by atoms with E-state index in [-0.39, 0.29) is 0 Å². The Morgan fingerprint density at radius 2 is 0.672 bits per heavy atom. The lowest BCUT2D eigenvalue weighted by Crippen LogP contribution is -2.14. The minimum Gasteiger partial charge on any atom is -0.315 e. The van der Waals surface area contributed by atoms with Gasteiger partial charge in [-0.25, -0.2) is 0 Å². The number of nitrogens with zero attached hydrogens (tertiary/aromatic N) is 3. The van der Waals surface area contributed by atoms with Gasteiger partial charge >= 0.3 is 0 Å². The first-order valence-electron chi connectivity index (χ1n) is 22.9. The third-order valence-corrected chi connectivity index (χ3v) is 12.1. The maximum atomic E-state index is 3.86. The van der Waals surface area contributed by atoms with Gasteiger partial charge in [0.2, 0.25) is 0 Å². The highest BCUT2D eigenvalue weighted by molar-refractivity contribution is 5.85. The molecule has 0 aliphatic heterocycles. The second kappa shape index (κ2) is 20.2. The fourth-order valence-electron chi connectivity index (χ4n) is 8.79. The molecule has 0 aliphatic carbocycles. The van der Waals surface area contributed by atoms with Crippen molar-refractivity contribution in [2.24, 2.45) is 0 Å². The molecule has 326 valence electrons. The van der Waals surface area contributed by atoms with E-state index < -0.39 is 0 Å². The molecule has 9 rings (SSSR count). The van der Waals surface area contributed by atoms with Gasteiger partial charge in [-0.1, -0.05) is 134 Å². The summed E-state index contributed by atoms with van der Waals surface area (Å²) in [7, 11) is 0. The molecule has 0 amide bonds. The van der Waals surface area contributed by atoms with Crippen LogP contribution in [-0.4, -0.2) is 0 Å². The van der Waals surface area contributed by atoms with E-state index in [1.54, 1.807) is 6.08 Å². The number of para-hydroxylation sites is 2. The number of anilines is 8. The van der Waals surface area contributed by atoms with E-state index in [9.17, 15) is 0 Å². The number of hydrogen-bond donors (Lipinski definition) is 0. The first-order valence-corrected chi connectivity index (χ1v) is 22.9. The minimum absolute atomic E-state index is 1.09. The predicted octanol–water partition coefficient (Wildman–Crippen LogP) is 18.3. The number of aryl methyl sites for hydroxylation is 3. The van der Waals surface area contributed by atoms with Gasteiger partial charge in [-0.2, -0.15) is 0 Å². The third kappa shape index (κ3) is 10.1. The summed E-state index contributed by atoms with van der Waals surface area (Å²) in [6.45, 7) is 12.4. The van der Waals surface area contributed by atoms with Crippen molar-refractivity contribution in [1.29, 1.82) is 0 Å². The molecule has 67 heavy (non-hydrogen) atoms. The second-order valence-electron chi connectivity index (χ2n) is 17.1. The molecule has 0 atom stereocenters. The second-order valence-corrected chi connectivity index (χ2v) is 17.1. The van der Waals surface area contributed by atoms with Crippen molar-refractivity contribution >= 4 is 45.5 Å². The van der Waals surface area contributed by atoms with Crippen LogP contribution in [0.25, 0.3) is 33.4 Å². The van der Waals surface area contributed by atoms with Crippen LogP contribution in [0.1, 0.15) is 23.6 Å². The average Bonchev–Trinajstić information content (AvgIpc) is 3.36. The maximum Gasteiger partial charge on any atom is 0.0464 e. The highest BCUT2D eigenvalue weighted by Crippen LogP contribution is 2.41. The van der Waals surface area contributed by atoms with Crippen LogP contribution in [0.5, 0.6) is 0 Å². The summed E-state index contributed by atoms with van der Waals surface area (Å²) >= 11 is 0. The predicted molar refractivity (Wildman–Crippen MR) is 288 cm³/mol. The van der Waals surface area contributed by atoms with E-state index >= 15 is 0 Å². The van der Waals surface area contributed by atoms with Crippen LogP contribution in [0.2, 0.25) is 0 Å². The Labute approximate surface area is 397 Å². The highest BCUT2D eigenvalue weighted by Gasteiger charge is 2.17. The topological polar surface area (TPSA) is 9.72 Å². The van der Waals surface area contributed by atoms with Gasteiger partial charge < -0.3 is 14.7 Å². The molecule has 0 radical (unpaired) electrons. The summed E-state index contributed by atoms with van der Waals surface area (Å²) in [6, 6.07) is 81.2. The summed E-state index contributed by atoms with van der Waals surface area (Å²) in [5.41, 5.74) is 20.5. The van der Waals surface area contributed by atoms with Crippen LogP contribution < -0.4 is 14.7 Å². The molecule has 0 saturated carbocycles. The zero-order valence-electron chi connectivity index (χ0n) is 38.7. The van der Waals surface area contributed by atoms with Crippen LogP contribution in [0.4, 0.5) is 45.5 Å². The largest absolute Gasteiger partial charge is 0.315 e. The Bertz CT molecular complexity index is 3010. The normalized spacial score (nSPS) is 11.4. The van der Waals surface area contributed by atoms with Crippen LogP contribution in [0.15, 0.2) is 261 Å². The van der Waals surface area contributed by atoms with E-state index in [2.05, 4.69) is 280 Å². The Morgan fingerprint density at radius 3 is 1.06 bits per heavy atom. The maximum absolute atomic E-state index is 3.86. The lowest BCUT2D eigenvalue weighted by atomic mass is 9.93. The summed E-state index contributed by atoms with van der Waals surface area (Å²) in [6.07, 6.45) is 7.93. The molecule has 0 aromatic heterocycles. The third-order valence-electron chi connectivity index (χ3n) is 12.1. The fraction of sp³-hybridized carbons (Fsp3) is 0.0625. The number of rotatable bonds is 14. The lowest BCUT2D eigenvalue weighted by molar-refractivity contribution is 1.15. The standard InChI is InChI=1S/C64H55N3/c1-6-7-10-21-50(5)65(62-26-15-18-47(2)41-62)59-35-29-51(30-36-59)54-44-55(52-31-37-60(38-32-52)66(57-22-11-8-12-23-57)63-27-16-19-48(3)42-63)46-56(45-54)53-33-39-61(40-34-53)67(58-24-13-9-14-25-58)64-28-17-20-49(4)43-64/h6-46H,1H2,2-5H3/b10-7-,50-21+. The Hall–Kier alpha value is -8.40. The highest BCUT2D eigenvalue weighted by atomic mass is 15.2. The summed E-state index contributed by atoms with van der Waals surface area (Å²) < 4.78 is 0. The minimum atomic E-state index is 1.09. The van der Waals surface area contributed by atoms with Gasteiger partial charge in [0.05, 0.1) is 0 Å². The fourth-order valence-corrected chi connectivity index (χ4v) is 8.79. The molecule has 0 saturated heterocycles. The van der Waals surface area contributed by atoms with Gasteiger partial charge in [-0.3, -0.25) is 0 Å². The van der Waals surface area contributed by atoms with E-state index in [1.807, 2.05) is 12.2 Å². The van der Waals surface area contributed by atoms with E-state index in [0.29, 0.717) is 0 Å². The molecule has 0 spiro atoms. The SMILES string of the molecule is C=C/C=C\C=C(/C)N(c1ccc(-c2cc(-c3ccc(N(c4ccccc4)c4cccc(C)c4)cc3)cc(-c3ccc(N(c4ccccc4)c4cccc(C)c4)cc3)c2)cc1)c1cccc(C)c1. The Balaban J connectivity index is 1.13. The van der Waals surface area contributed by atoms with Crippen LogP contribution in [-0.2, 0) is 0 Å². The summed E-state index contributed by atoms with van der Waals surface area (Å²) in [5, 5.41) is 0. The zero-order valence-corrected chi connectivity index (χ0v) is 38.7. The monoisotopic (exact) mass is 865 g/mol. The molecule has 0 aliphatic rings.